The molecule has 5 rings (SSSR count). The van der Waals surface area contributed by atoms with Crippen molar-refractivity contribution < 1.29 is 9.53 Å². The van der Waals surface area contributed by atoms with Gasteiger partial charge in [0.25, 0.3) is 5.91 Å². The monoisotopic (exact) mass is 484 g/mol. The van der Waals surface area contributed by atoms with E-state index in [1.54, 1.807) is 0 Å². The summed E-state index contributed by atoms with van der Waals surface area (Å²) in [5, 5.41) is 12.1. The largest absolute Gasteiger partial charge is 0.360 e. The van der Waals surface area contributed by atoms with E-state index in [0.717, 1.165) is 30.5 Å². The van der Waals surface area contributed by atoms with Crippen LogP contribution in [0.1, 0.15) is 94.2 Å². The van der Waals surface area contributed by atoms with Gasteiger partial charge in [-0.25, -0.2) is 4.98 Å². The van der Waals surface area contributed by atoms with Gasteiger partial charge in [0, 0.05) is 11.3 Å². The molecule has 3 aliphatic rings. The summed E-state index contributed by atoms with van der Waals surface area (Å²) < 4.78 is 6.54. The summed E-state index contributed by atoms with van der Waals surface area (Å²) >= 11 is 0. The summed E-state index contributed by atoms with van der Waals surface area (Å²) in [4.78, 5) is 19.8. The minimum absolute atomic E-state index is 0.135. The number of imidazole rings is 1. The number of allylic oxidation sites excluding steroid dienone is 2. The van der Waals surface area contributed by atoms with Gasteiger partial charge in [0.1, 0.15) is 11.8 Å². The molecule has 0 spiro atoms. The van der Waals surface area contributed by atoms with Crippen molar-refractivity contribution >= 4 is 17.2 Å². The number of nitrogens with zero attached hydrogens (tertiary/aromatic N) is 2. The van der Waals surface area contributed by atoms with Crippen LogP contribution in [0.15, 0.2) is 42.6 Å². The molecular weight excluding hydrogens is 448 g/mol. The van der Waals surface area contributed by atoms with Gasteiger partial charge in [0.15, 0.2) is 5.82 Å². The Balaban J connectivity index is 1.54. The van der Waals surface area contributed by atoms with Crippen molar-refractivity contribution in [2.75, 3.05) is 5.32 Å². The topological polar surface area (TPSA) is 90.8 Å². The molecule has 2 aliphatic heterocycles. The van der Waals surface area contributed by atoms with Crippen LogP contribution in [0.25, 0.3) is 5.57 Å². The number of aromatic nitrogens is 2. The second-order valence-corrected chi connectivity index (χ2v) is 12.0. The molecule has 6 nitrogen and oxygen atoms in total. The highest BCUT2D eigenvalue weighted by Gasteiger charge is 2.55. The van der Waals surface area contributed by atoms with Gasteiger partial charge in [-0.05, 0) is 79.5 Å². The number of aromatic amines is 1. The lowest BCUT2D eigenvalue weighted by Gasteiger charge is -2.50. The molecule has 2 bridgehead atoms. The van der Waals surface area contributed by atoms with Crippen molar-refractivity contribution in [3.05, 3.63) is 65.3 Å². The summed E-state index contributed by atoms with van der Waals surface area (Å²) in [7, 11) is 0. The molecule has 1 aromatic carbocycles. The summed E-state index contributed by atoms with van der Waals surface area (Å²) in [5.41, 5.74) is 4.37. The third kappa shape index (κ3) is 4.10. The molecule has 3 heterocycles. The number of nitriles is 1. The van der Waals surface area contributed by atoms with E-state index in [-0.39, 0.29) is 34.0 Å². The van der Waals surface area contributed by atoms with Gasteiger partial charge in [-0.3, -0.25) is 4.79 Å². The van der Waals surface area contributed by atoms with E-state index in [1.807, 2.05) is 12.1 Å². The van der Waals surface area contributed by atoms with Gasteiger partial charge in [0.2, 0.25) is 0 Å². The third-order valence-corrected chi connectivity index (χ3v) is 8.98. The quantitative estimate of drug-likeness (QED) is 0.478. The first-order valence-electron chi connectivity index (χ1n) is 13.0. The van der Waals surface area contributed by atoms with E-state index in [1.165, 1.54) is 17.3 Å². The molecule has 1 aromatic heterocycles. The SMILES string of the molecule is C[C@@H]1C(c2ccc(NC(=O)c3ncc(C#N)[nH]3)c(C3=CCC(C)(C)CC3)c2)[C@H](C)C2(C)C=C[C@@]1(C)O2. The molecule has 2 aromatic rings. The van der Waals surface area contributed by atoms with Gasteiger partial charge < -0.3 is 15.0 Å². The molecule has 1 fully saturated rings. The first-order valence-corrected chi connectivity index (χ1v) is 13.0. The summed E-state index contributed by atoms with van der Waals surface area (Å²) in [5.74, 6) is 0.711. The Morgan fingerprint density at radius 1 is 1.17 bits per heavy atom. The van der Waals surface area contributed by atoms with Gasteiger partial charge in [-0.1, -0.05) is 52.0 Å². The Bertz CT molecular complexity index is 1290. The molecule has 6 heteroatoms. The highest BCUT2D eigenvalue weighted by molar-refractivity contribution is 6.03. The van der Waals surface area contributed by atoms with E-state index in [0.29, 0.717) is 17.8 Å². The Labute approximate surface area is 213 Å². The molecule has 0 saturated carbocycles. The van der Waals surface area contributed by atoms with E-state index in [9.17, 15) is 4.79 Å². The number of benzene rings is 1. The number of hydrogen-bond acceptors (Lipinski definition) is 4. The average Bonchev–Trinajstić information content (AvgIpc) is 3.44. The van der Waals surface area contributed by atoms with Crippen LogP contribution in [0.5, 0.6) is 0 Å². The van der Waals surface area contributed by atoms with Crippen LogP contribution >= 0.6 is 0 Å². The van der Waals surface area contributed by atoms with E-state index in [2.05, 4.69) is 87.2 Å². The second kappa shape index (κ2) is 8.45. The Morgan fingerprint density at radius 3 is 2.44 bits per heavy atom. The number of nitrogens with one attached hydrogen (secondary N) is 2. The van der Waals surface area contributed by atoms with Gasteiger partial charge >= 0.3 is 0 Å². The predicted octanol–water partition coefficient (Wildman–Crippen LogP) is 6.60. The Kier molecular flexibility index (Phi) is 5.76. The first kappa shape index (κ1) is 24.5. The van der Waals surface area contributed by atoms with Gasteiger partial charge in [-0.2, -0.15) is 5.26 Å². The lowest BCUT2D eigenvalue weighted by Crippen LogP contribution is -2.52. The van der Waals surface area contributed by atoms with Crippen LogP contribution in [0, 0.1) is 28.6 Å². The highest BCUT2D eigenvalue weighted by Crippen LogP contribution is 2.56. The standard InChI is InChI=1S/C30H36N4O2/c1-18-25(19(2)30(6)14-13-29(18,5)36-30)21-7-8-24(34-27(35)26-32-17-22(16-31)33-26)23(15-21)20-9-11-28(3,4)12-10-20/h7-9,13-15,17-19,25H,10-12H2,1-6H3,(H,32,33)(H,34,35)/t18-,19+,25?,29-,30?/m1/s1. The number of amides is 1. The molecule has 2 N–H and O–H groups in total. The Hall–Kier alpha value is -3.17. The maximum atomic E-state index is 13.0. The van der Waals surface area contributed by atoms with Crippen LogP contribution in [0.3, 0.4) is 0 Å². The zero-order valence-electron chi connectivity index (χ0n) is 22.1. The minimum Gasteiger partial charge on any atom is -0.360 e. The summed E-state index contributed by atoms with van der Waals surface area (Å²) in [6.45, 7) is 13.6. The number of ether oxygens (including phenoxy) is 1. The third-order valence-electron chi connectivity index (χ3n) is 8.98. The van der Waals surface area contributed by atoms with Crippen molar-refractivity contribution in [2.45, 2.75) is 77.9 Å². The van der Waals surface area contributed by atoms with Crippen molar-refractivity contribution in [2.24, 2.45) is 17.3 Å². The van der Waals surface area contributed by atoms with E-state index >= 15 is 0 Å². The number of H-pyrrole nitrogens is 1. The lowest BCUT2D eigenvalue weighted by atomic mass is 9.66. The zero-order chi connectivity index (χ0) is 25.9. The van der Waals surface area contributed by atoms with Crippen molar-refractivity contribution in [1.82, 2.24) is 9.97 Å². The smallest absolute Gasteiger partial charge is 0.291 e. The maximum absolute atomic E-state index is 13.0. The number of carbonyl (C=O) groups excluding carboxylic acids is 1. The van der Waals surface area contributed by atoms with Crippen molar-refractivity contribution in [3.8, 4) is 6.07 Å². The molecule has 5 atom stereocenters. The number of anilines is 1. The average molecular weight is 485 g/mol. The molecular formula is C30H36N4O2. The molecule has 1 amide bonds. The van der Waals surface area contributed by atoms with Gasteiger partial charge in [0.05, 0.1) is 17.4 Å². The van der Waals surface area contributed by atoms with Crippen LogP contribution in [-0.2, 0) is 4.74 Å². The van der Waals surface area contributed by atoms with Gasteiger partial charge in [-0.15, -0.1) is 0 Å². The number of carbonyl (C=O) groups is 1. The van der Waals surface area contributed by atoms with Crippen LogP contribution < -0.4 is 5.32 Å². The number of fused-ring (bicyclic) bond motifs is 2. The molecule has 1 aliphatic carbocycles. The van der Waals surface area contributed by atoms with E-state index in [4.69, 9.17) is 10.00 Å². The fourth-order valence-corrected chi connectivity index (χ4v) is 6.23. The summed E-state index contributed by atoms with van der Waals surface area (Å²) in [6.07, 6.45) is 11.3. The Morgan fingerprint density at radius 2 is 1.86 bits per heavy atom. The maximum Gasteiger partial charge on any atom is 0.291 e. The fraction of sp³-hybridized carbons (Fsp3) is 0.500. The van der Waals surface area contributed by atoms with Crippen LogP contribution in [0.4, 0.5) is 5.69 Å². The first-order chi connectivity index (χ1) is 16.9. The molecule has 2 unspecified atom stereocenters. The van der Waals surface area contributed by atoms with Crippen molar-refractivity contribution in [1.29, 1.82) is 5.26 Å². The summed E-state index contributed by atoms with van der Waals surface area (Å²) in [6, 6.07) is 8.47. The lowest BCUT2D eigenvalue weighted by molar-refractivity contribution is -0.170. The molecule has 1 saturated heterocycles. The predicted molar refractivity (Wildman–Crippen MR) is 141 cm³/mol. The van der Waals surface area contributed by atoms with Crippen molar-refractivity contribution in [3.63, 3.8) is 0 Å². The minimum atomic E-state index is -0.350. The number of rotatable bonds is 4. The highest BCUT2D eigenvalue weighted by atomic mass is 16.5. The normalized spacial score (nSPS) is 32.6. The van der Waals surface area contributed by atoms with Crippen LogP contribution in [-0.4, -0.2) is 27.1 Å². The second-order valence-electron chi connectivity index (χ2n) is 12.0. The fourth-order valence-electron chi connectivity index (χ4n) is 6.23. The molecule has 188 valence electrons. The molecule has 0 radical (unpaired) electrons. The number of hydrogen-bond donors (Lipinski definition) is 2. The van der Waals surface area contributed by atoms with E-state index < -0.39 is 0 Å². The zero-order valence-corrected chi connectivity index (χ0v) is 22.1. The van der Waals surface area contributed by atoms with Crippen LogP contribution in [0.2, 0.25) is 0 Å². The molecule has 36 heavy (non-hydrogen) atoms.